The van der Waals surface area contributed by atoms with E-state index in [9.17, 15) is 0 Å². The quantitative estimate of drug-likeness (QED) is 0.536. The minimum absolute atomic E-state index is 0.519. The smallest absolute Gasteiger partial charge is 0.132 e. The number of rotatable bonds is 7. The summed E-state index contributed by atoms with van der Waals surface area (Å²) in [4.78, 5) is 1.19. The summed E-state index contributed by atoms with van der Waals surface area (Å²) >= 11 is 1.80. The summed E-state index contributed by atoms with van der Waals surface area (Å²) in [5.74, 6) is 2.68. The zero-order chi connectivity index (χ0) is 19.9. The van der Waals surface area contributed by atoms with Gasteiger partial charge in [-0.15, -0.1) is 11.8 Å². The van der Waals surface area contributed by atoms with E-state index in [1.165, 1.54) is 23.3 Å². The number of hydrogen-bond acceptors (Lipinski definition) is 4. The zero-order valence-corrected chi connectivity index (χ0v) is 18.1. The molecule has 0 spiro atoms. The Morgan fingerprint density at radius 1 is 0.889 bits per heavy atom. The molecule has 0 aliphatic heterocycles. The van der Waals surface area contributed by atoms with Crippen LogP contribution in [0.3, 0.4) is 0 Å². The summed E-state index contributed by atoms with van der Waals surface area (Å²) in [6, 6.07) is 18.6. The second-order valence-corrected chi connectivity index (χ2v) is 7.09. The van der Waals surface area contributed by atoms with E-state index in [4.69, 9.17) is 14.2 Å². The van der Waals surface area contributed by atoms with Crippen LogP contribution in [-0.4, -0.2) is 34.0 Å². The van der Waals surface area contributed by atoms with Crippen molar-refractivity contribution < 1.29 is 14.2 Å². The molecule has 3 rings (SSSR count). The van der Waals surface area contributed by atoms with Gasteiger partial charge in [-0.25, -0.2) is 0 Å². The van der Waals surface area contributed by atoms with Gasteiger partial charge in [0, 0.05) is 31.5 Å². The highest BCUT2D eigenvalue weighted by molar-refractivity contribution is 7.98. The zero-order valence-electron chi connectivity index (χ0n) is 17.3. The van der Waals surface area contributed by atoms with E-state index in [1.807, 2.05) is 38.1 Å². The lowest BCUT2D eigenvalue weighted by molar-refractivity contribution is -0.0258. The Bertz CT molecular complexity index is 598. The molecule has 3 nitrogen and oxygen atoms in total. The van der Waals surface area contributed by atoms with Gasteiger partial charge in [-0.3, -0.25) is 0 Å². The van der Waals surface area contributed by atoms with Crippen molar-refractivity contribution in [3.63, 3.8) is 0 Å². The van der Waals surface area contributed by atoms with Gasteiger partial charge in [0.2, 0.25) is 0 Å². The molecule has 0 unspecified atom stereocenters. The third-order valence-electron chi connectivity index (χ3n) is 4.23. The van der Waals surface area contributed by atoms with Crippen LogP contribution in [0.2, 0.25) is 0 Å². The Labute approximate surface area is 169 Å². The first-order valence-corrected chi connectivity index (χ1v) is 10.6. The maximum Gasteiger partial charge on any atom is 0.132 e. The summed E-state index contributed by atoms with van der Waals surface area (Å²) in [5.41, 5.74) is 1.33. The average molecular weight is 391 g/mol. The fourth-order valence-electron chi connectivity index (χ4n) is 2.71. The van der Waals surface area contributed by atoms with Gasteiger partial charge >= 0.3 is 0 Å². The lowest BCUT2D eigenvalue weighted by Crippen LogP contribution is -2.32. The van der Waals surface area contributed by atoms with E-state index in [0.29, 0.717) is 6.10 Å². The van der Waals surface area contributed by atoms with Gasteiger partial charge in [0.1, 0.15) is 5.75 Å². The van der Waals surface area contributed by atoms with Crippen LogP contribution < -0.4 is 4.74 Å². The molecule has 150 valence electrons. The number of para-hydroxylation sites is 1. The molecule has 2 aromatic carbocycles. The van der Waals surface area contributed by atoms with E-state index >= 15 is 0 Å². The molecule has 0 aromatic heterocycles. The highest BCUT2D eigenvalue weighted by Crippen LogP contribution is 2.31. The minimum atomic E-state index is 0.519. The lowest BCUT2D eigenvalue weighted by Gasteiger charge is -2.33. The molecule has 1 aliphatic rings. The van der Waals surface area contributed by atoms with Gasteiger partial charge in [0.05, 0.1) is 13.2 Å². The molecule has 0 bridgehead atoms. The fourth-order valence-corrected chi connectivity index (χ4v) is 3.70. The maximum absolute atomic E-state index is 5.31. The molecule has 1 fully saturated rings. The van der Waals surface area contributed by atoms with Gasteiger partial charge in [0.15, 0.2) is 0 Å². The van der Waals surface area contributed by atoms with E-state index in [2.05, 4.69) is 30.3 Å². The van der Waals surface area contributed by atoms with Crippen LogP contribution in [0, 0.1) is 5.92 Å². The molecule has 0 N–H and O–H groups in total. The van der Waals surface area contributed by atoms with Crippen LogP contribution in [-0.2, 0) is 15.2 Å². The van der Waals surface area contributed by atoms with Crippen molar-refractivity contribution in [2.45, 2.75) is 43.4 Å². The molecule has 0 radical (unpaired) electrons. The van der Waals surface area contributed by atoms with Crippen LogP contribution in [0.25, 0.3) is 0 Å². The van der Waals surface area contributed by atoms with Crippen molar-refractivity contribution in [1.82, 2.24) is 0 Å². The molecule has 0 saturated heterocycles. The molecule has 4 heteroatoms. The summed E-state index contributed by atoms with van der Waals surface area (Å²) in [6.45, 7) is 4.90. The topological polar surface area (TPSA) is 27.7 Å². The summed E-state index contributed by atoms with van der Waals surface area (Å²) < 4.78 is 15.4. The summed E-state index contributed by atoms with van der Waals surface area (Å²) in [7, 11) is 5.23. The Balaban J connectivity index is 0.000000282. The van der Waals surface area contributed by atoms with E-state index in [1.54, 1.807) is 33.1 Å². The first-order chi connectivity index (χ1) is 13.3. The summed E-state index contributed by atoms with van der Waals surface area (Å²) in [6.07, 6.45) is 2.89. The SMILES string of the molecule is CC.COCC1CC(OC)C1.COc1ccccc1SCc1ccccc1. The maximum atomic E-state index is 5.31. The van der Waals surface area contributed by atoms with Crippen molar-refractivity contribution in [3.05, 3.63) is 60.2 Å². The molecule has 0 atom stereocenters. The van der Waals surface area contributed by atoms with E-state index in [0.717, 1.165) is 24.0 Å². The predicted molar refractivity (Wildman–Crippen MR) is 116 cm³/mol. The number of thioether (sulfide) groups is 1. The number of methoxy groups -OCH3 is 3. The molecule has 27 heavy (non-hydrogen) atoms. The van der Waals surface area contributed by atoms with Crippen molar-refractivity contribution >= 4 is 11.8 Å². The van der Waals surface area contributed by atoms with Gasteiger partial charge in [-0.05, 0) is 36.5 Å². The summed E-state index contributed by atoms with van der Waals surface area (Å²) in [5, 5.41) is 0. The molecular formula is C23H34O3S. The van der Waals surface area contributed by atoms with Crippen LogP contribution >= 0.6 is 11.8 Å². The van der Waals surface area contributed by atoms with Crippen molar-refractivity contribution in [2.75, 3.05) is 27.9 Å². The largest absolute Gasteiger partial charge is 0.496 e. The Hall–Kier alpha value is -1.49. The van der Waals surface area contributed by atoms with E-state index < -0.39 is 0 Å². The lowest BCUT2D eigenvalue weighted by atomic mass is 9.83. The molecule has 2 aromatic rings. The second-order valence-electron chi connectivity index (χ2n) is 6.08. The first kappa shape index (κ1) is 23.5. The highest BCUT2D eigenvalue weighted by Gasteiger charge is 2.28. The third-order valence-corrected chi connectivity index (χ3v) is 5.36. The Kier molecular flexibility index (Phi) is 12.7. The Morgan fingerprint density at radius 3 is 2.11 bits per heavy atom. The highest BCUT2D eigenvalue weighted by atomic mass is 32.2. The van der Waals surface area contributed by atoms with Gasteiger partial charge in [0.25, 0.3) is 0 Å². The second kappa shape index (κ2) is 14.6. The monoisotopic (exact) mass is 390 g/mol. The third kappa shape index (κ3) is 8.83. The molecule has 1 aliphatic carbocycles. The van der Waals surface area contributed by atoms with Gasteiger partial charge < -0.3 is 14.2 Å². The minimum Gasteiger partial charge on any atom is -0.496 e. The van der Waals surface area contributed by atoms with E-state index in [-0.39, 0.29) is 0 Å². The predicted octanol–water partition coefficient (Wildman–Crippen LogP) is 6.07. The number of ether oxygens (including phenoxy) is 3. The molecule has 0 heterocycles. The molecule has 1 saturated carbocycles. The average Bonchev–Trinajstić information content (AvgIpc) is 2.72. The van der Waals surface area contributed by atoms with Crippen LogP contribution in [0.15, 0.2) is 59.5 Å². The van der Waals surface area contributed by atoms with Crippen LogP contribution in [0.5, 0.6) is 5.75 Å². The number of hydrogen-bond donors (Lipinski definition) is 0. The first-order valence-electron chi connectivity index (χ1n) is 9.58. The number of benzene rings is 2. The van der Waals surface area contributed by atoms with Crippen LogP contribution in [0.1, 0.15) is 32.3 Å². The van der Waals surface area contributed by atoms with Gasteiger partial charge in [-0.1, -0.05) is 56.3 Å². The van der Waals surface area contributed by atoms with Crippen molar-refractivity contribution in [1.29, 1.82) is 0 Å². The van der Waals surface area contributed by atoms with Gasteiger partial charge in [-0.2, -0.15) is 0 Å². The van der Waals surface area contributed by atoms with Crippen molar-refractivity contribution in [3.8, 4) is 5.75 Å². The Morgan fingerprint density at radius 2 is 1.52 bits per heavy atom. The van der Waals surface area contributed by atoms with Crippen LogP contribution in [0.4, 0.5) is 0 Å². The fraction of sp³-hybridized carbons (Fsp3) is 0.478. The molecular weight excluding hydrogens is 356 g/mol. The molecule has 0 amide bonds. The normalized spacial score (nSPS) is 17.5. The van der Waals surface area contributed by atoms with Crippen molar-refractivity contribution in [2.24, 2.45) is 5.92 Å². The standard InChI is InChI=1S/C14H14OS.C7H14O2.C2H6/c1-15-13-9-5-6-10-14(13)16-11-12-7-3-2-4-8-12;1-8-5-6-3-7(4-6)9-2;1-2/h2-10H,11H2,1H3;6-7H,3-5H2,1-2H3;1-2H3.